The Labute approximate surface area is 189 Å². The summed E-state index contributed by atoms with van der Waals surface area (Å²) < 4.78 is 0. The molecule has 0 N–H and O–H groups in total. The number of carbonyl (C=O) groups is 1. The number of anilines is 1. The lowest BCUT2D eigenvalue weighted by atomic mass is 9.86. The Morgan fingerprint density at radius 1 is 1.23 bits per heavy atom. The van der Waals surface area contributed by atoms with Crippen LogP contribution in [0.5, 0.6) is 0 Å². The first-order valence-electron chi connectivity index (χ1n) is 11.5. The lowest BCUT2D eigenvalue weighted by Gasteiger charge is -2.31. The maximum Gasteiger partial charge on any atom is 0.327 e. The molecular formula is C24H33N5OS. The molecule has 0 radical (unpaired) electrons. The average Bonchev–Trinajstić information content (AvgIpc) is 3.33. The molecule has 1 aliphatic carbocycles. The van der Waals surface area contributed by atoms with Crippen molar-refractivity contribution in [3.8, 4) is 0 Å². The van der Waals surface area contributed by atoms with Gasteiger partial charge in [-0.05, 0) is 44.7 Å². The van der Waals surface area contributed by atoms with Crippen molar-refractivity contribution in [1.82, 2.24) is 20.0 Å². The van der Waals surface area contributed by atoms with Gasteiger partial charge >= 0.3 is 6.03 Å². The van der Waals surface area contributed by atoms with Crippen LogP contribution in [-0.4, -0.2) is 51.8 Å². The molecule has 2 fully saturated rings. The van der Waals surface area contributed by atoms with Crippen LogP contribution in [0.3, 0.4) is 0 Å². The SMILES string of the molecule is CC=CCCCN1CC(N(CC)Cc2ccccc2)N(c2nnc(C3CCC3)s2)C1=O. The van der Waals surface area contributed by atoms with Gasteiger partial charge in [0.25, 0.3) is 0 Å². The van der Waals surface area contributed by atoms with E-state index in [0.29, 0.717) is 12.5 Å². The summed E-state index contributed by atoms with van der Waals surface area (Å²) >= 11 is 1.61. The van der Waals surface area contributed by atoms with Gasteiger partial charge in [-0.1, -0.05) is 67.2 Å². The topological polar surface area (TPSA) is 52.6 Å². The van der Waals surface area contributed by atoms with Gasteiger partial charge in [-0.2, -0.15) is 0 Å². The van der Waals surface area contributed by atoms with Gasteiger partial charge in [-0.3, -0.25) is 4.90 Å². The van der Waals surface area contributed by atoms with Crippen LogP contribution in [0.4, 0.5) is 9.93 Å². The molecule has 31 heavy (non-hydrogen) atoms. The number of hydrogen-bond acceptors (Lipinski definition) is 5. The second-order valence-corrected chi connectivity index (χ2v) is 9.38. The van der Waals surface area contributed by atoms with Crippen LogP contribution in [0.25, 0.3) is 0 Å². The largest absolute Gasteiger partial charge is 0.327 e. The third-order valence-corrected chi connectivity index (χ3v) is 7.42. The fourth-order valence-electron chi connectivity index (χ4n) is 4.27. The van der Waals surface area contributed by atoms with Gasteiger partial charge in [0, 0.05) is 19.0 Å². The maximum atomic E-state index is 13.5. The van der Waals surface area contributed by atoms with Crippen molar-refractivity contribution in [2.75, 3.05) is 24.5 Å². The van der Waals surface area contributed by atoms with E-state index in [1.807, 2.05) is 22.8 Å². The normalized spacial score (nSPS) is 19.7. The molecule has 0 bridgehead atoms. The quantitative estimate of drug-likeness (QED) is 0.375. The maximum absolute atomic E-state index is 13.5. The van der Waals surface area contributed by atoms with E-state index in [2.05, 4.69) is 58.4 Å². The second kappa shape index (κ2) is 10.4. The number of urea groups is 1. The molecule has 1 aliphatic heterocycles. The van der Waals surface area contributed by atoms with Gasteiger partial charge in [0.15, 0.2) is 0 Å². The predicted molar refractivity (Wildman–Crippen MR) is 126 cm³/mol. The molecule has 4 rings (SSSR count). The molecule has 0 spiro atoms. The van der Waals surface area contributed by atoms with Crippen LogP contribution >= 0.6 is 11.3 Å². The average molecular weight is 440 g/mol. The van der Waals surface area contributed by atoms with Gasteiger partial charge in [0.1, 0.15) is 11.2 Å². The van der Waals surface area contributed by atoms with Gasteiger partial charge in [-0.15, -0.1) is 10.2 Å². The third kappa shape index (κ3) is 4.99. The molecular weight excluding hydrogens is 406 g/mol. The zero-order valence-corrected chi connectivity index (χ0v) is 19.4. The number of hydrogen-bond donors (Lipinski definition) is 0. The first kappa shape index (κ1) is 22.0. The van der Waals surface area contributed by atoms with Gasteiger partial charge in [0.05, 0.1) is 6.54 Å². The highest BCUT2D eigenvalue weighted by Gasteiger charge is 2.42. The number of aromatic nitrogens is 2. The Bertz CT molecular complexity index is 879. The van der Waals surface area contributed by atoms with E-state index < -0.39 is 0 Å². The molecule has 1 atom stereocenters. The van der Waals surface area contributed by atoms with Crippen LogP contribution in [0.1, 0.15) is 62.4 Å². The molecule has 1 aromatic carbocycles. The monoisotopic (exact) mass is 439 g/mol. The second-order valence-electron chi connectivity index (χ2n) is 8.39. The number of benzene rings is 1. The highest BCUT2D eigenvalue weighted by atomic mass is 32.1. The van der Waals surface area contributed by atoms with Crippen molar-refractivity contribution in [3.05, 3.63) is 53.1 Å². The van der Waals surface area contributed by atoms with Crippen molar-refractivity contribution >= 4 is 22.5 Å². The summed E-state index contributed by atoms with van der Waals surface area (Å²) in [7, 11) is 0. The number of nitrogens with zero attached hydrogens (tertiary/aromatic N) is 5. The minimum Gasteiger partial charge on any atom is -0.321 e. The van der Waals surface area contributed by atoms with Crippen LogP contribution in [0.2, 0.25) is 0 Å². The Kier molecular flexibility index (Phi) is 7.35. The smallest absolute Gasteiger partial charge is 0.321 e. The highest BCUT2D eigenvalue weighted by molar-refractivity contribution is 7.15. The van der Waals surface area contributed by atoms with Crippen molar-refractivity contribution in [2.45, 2.75) is 64.6 Å². The van der Waals surface area contributed by atoms with Crippen LogP contribution in [0, 0.1) is 0 Å². The Hall–Kier alpha value is -2.25. The summed E-state index contributed by atoms with van der Waals surface area (Å²) in [5.41, 5.74) is 1.26. The lowest BCUT2D eigenvalue weighted by Crippen LogP contribution is -2.47. The third-order valence-electron chi connectivity index (χ3n) is 6.34. The van der Waals surface area contributed by atoms with Gasteiger partial charge in [0.2, 0.25) is 5.13 Å². The molecule has 2 aliphatic rings. The minimum absolute atomic E-state index is 0.0263. The lowest BCUT2D eigenvalue weighted by molar-refractivity contribution is 0.193. The van der Waals surface area contributed by atoms with Gasteiger partial charge in [-0.25, -0.2) is 9.69 Å². The molecule has 1 unspecified atom stereocenters. The van der Waals surface area contributed by atoms with E-state index >= 15 is 0 Å². The van der Waals surface area contributed by atoms with E-state index in [1.165, 1.54) is 24.8 Å². The van der Waals surface area contributed by atoms with Crippen molar-refractivity contribution in [3.63, 3.8) is 0 Å². The number of unbranched alkanes of at least 4 members (excludes halogenated alkanes) is 1. The first-order valence-corrected chi connectivity index (χ1v) is 12.3. The Morgan fingerprint density at radius 3 is 2.71 bits per heavy atom. The first-order chi connectivity index (χ1) is 15.2. The fourth-order valence-corrected chi connectivity index (χ4v) is 5.32. The molecule has 1 aromatic heterocycles. The minimum atomic E-state index is -0.0263. The summed E-state index contributed by atoms with van der Waals surface area (Å²) in [6.07, 6.45) is 9.84. The predicted octanol–water partition coefficient (Wildman–Crippen LogP) is 5.25. The van der Waals surface area contributed by atoms with Crippen molar-refractivity contribution in [1.29, 1.82) is 0 Å². The summed E-state index contributed by atoms with van der Waals surface area (Å²) in [5, 5.41) is 10.8. The zero-order chi connectivity index (χ0) is 21.6. The van der Waals surface area contributed by atoms with Crippen LogP contribution in [0.15, 0.2) is 42.5 Å². The summed E-state index contributed by atoms with van der Waals surface area (Å²) in [4.78, 5) is 19.7. The Balaban J connectivity index is 1.55. The molecule has 2 heterocycles. The molecule has 1 saturated heterocycles. The van der Waals surface area contributed by atoms with E-state index in [1.54, 1.807) is 11.3 Å². The zero-order valence-electron chi connectivity index (χ0n) is 18.6. The standard InChI is InChI=1S/C24H33N5OS/c1-3-5-6-10-16-28-18-21(27(4-2)17-19-12-8-7-9-13-19)29(24(28)30)23-26-25-22(31-23)20-14-11-15-20/h3,5,7-9,12-13,20-21H,4,6,10-11,14-18H2,1-2H3. The van der Waals surface area contributed by atoms with Crippen molar-refractivity contribution < 1.29 is 4.79 Å². The number of likely N-dealkylation sites (N-methyl/N-ethyl adjacent to an activating group) is 1. The van der Waals surface area contributed by atoms with Crippen molar-refractivity contribution in [2.24, 2.45) is 0 Å². The van der Waals surface area contributed by atoms with E-state index in [9.17, 15) is 4.79 Å². The molecule has 6 nitrogen and oxygen atoms in total. The van der Waals surface area contributed by atoms with Gasteiger partial charge < -0.3 is 4.90 Å². The molecule has 166 valence electrons. The number of rotatable bonds is 10. The molecule has 2 amide bonds. The molecule has 7 heteroatoms. The number of carbonyl (C=O) groups excluding carboxylic acids is 1. The Morgan fingerprint density at radius 2 is 2.03 bits per heavy atom. The van der Waals surface area contributed by atoms with E-state index in [4.69, 9.17) is 0 Å². The summed E-state index contributed by atoms with van der Waals surface area (Å²) in [6.45, 7) is 7.36. The fraction of sp³-hybridized carbons (Fsp3) is 0.542. The van der Waals surface area contributed by atoms with E-state index in [-0.39, 0.29) is 12.2 Å². The van der Waals surface area contributed by atoms with Crippen LogP contribution < -0.4 is 4.90 Å². The number of allylic oxidation sites excluding steroid dienone is 2. The molecule has 1 saturated carbocycles. The summed E-state index contributed by atoms with van der Waals surface area (Å²) in [6, 6.07) is 10.6. The summed E-state index contributed by atoms with van der Waals surface area (Å²) in [5.74, 6) is 0.533. The molecule has 2 aromatic rings. The van der Waals surface area contributed by atoms with E-state index in [0.717, 1.165) is 42.6 Å². The highest BCUT2D eigenvalue weighted by Crippen LogP contribution is 2.40. The van der Waals surface area contributed by atoms with Crippen LogP contribution in [-0.2, 0) is 6.54 Å². The number of amides is 2.